The van der Waals surface area contributed by atoms with Crippen molar-refractivity contribution in [3.63, 3.8) is 0 Å². The minimum atomic E-state index is -0.0457. The molecular weight excluding hydrogens is 451 g/mol. The molecule has 5 nitrogen and oxygen atoms in total. The third-order valence-electron chi connectivity index (χ3n) is 3.90. The molecule has 6 heteroatoms. The fourth-order valence-electron chi connectivity index (χ4n) is 2.43. The van der Waals surface area contributed by atoms with Crippen molar-refractivity contribution in [2.75, 3.05) is 13.1 Å². The predicted octanol–water partition coefficient (Wildman–Crippen LogP) is 3.62. The summed E-state index contributed by atoms with van der Waals surface area (Å²) in [6.45, 7) is 8.75. The second-order valence-electron chi connectivity index (χ2n) is 6.09. The molecule has 0 aromatic heterocycles. The largest absolute Gasteiger partial charge is 0.357 e. The van der Waals surface area contributed by atoms with Gasteiger partial charge in [0.1, 0.15) is 0 Å². The van der Waals surface area contributed by atoms with E-state index in [0.29, 0.717) is 18.7 Å². The lowest BCUT2D eigenvalue weighted by Crippen LogP contribution is -2.36. The Morgan fingerprint density at radius 1 is 0.852 bits per heavy atom. The van der Waals surface area contributed by atoms with Gasteiger partial charge in [0.25, 0.3) is 5.91 Å². The van der Waals surface area contributed by atoms with Crippen molar-refractivity contribution in [2.24, 2.45) is 4.99 Å². The molecule has 0 saturated heterocycles. The van der Waals surface area contributed by atoms with E-state index >= 15 is 0 Å². The Hall–Kier alpha value is -2.09. The van der Waals surface area contributed by atoms with E-state index in [0.717, 1.165) is 24.6 Å². The average molecular weight is 480 g/mol. The summed E-state index contributed by atoms with van der Waals surface area (Å²) >= 11 is 0. The molecule has 0 bridgehead atoms. The Morgan fingerprint density at radius 2 is 1.44 bits per heavy atom. The lowest BCUT2D eigenvalue weighted by atomic mass is 10.1. The van der Waals surface area contributed by atoms with E-state index < -0.39 is 0 Å². The maximum absolute atomic E-state index is 11.8. The van der Waals surface area contributed by atoms with Crippen molar-refractivity contribution in [3.8, 4) is 0 Å². The van der Waals surface area contributed by atoms with Gasteiger partial charge in [0.05, 0.1) is 6.54 Å². The molecule has 0 saturated carbocycles. The number of guanidine groups is 1. The first-order valence-corrected chi connectivity index (χ1v) is 9.07. The first-order valence-electron chi connectivity index (χ1n) is 9.07. The van der Waals surface area contributed by atoms with Crippen LogP contribution in [0.5, 0.6) is 0 Å². The average Bonchev–Trinajstić information content (AvgIpc) is 2.66. The number of aliphatic imine (C=N–C) groups is 1. The van der Waals surface area contributed by atoms with Crippen molar-refractivity contribution >= 4 is 35.8 Å². The lowest BCUT2D eigenvalue weighted by molar-refractivity contribution is 0.0956. The zero-order valence-corrected chi connectivity index (χ0v) is 18.5. The number of hydrogen-bond acceptors (Lipinski definition) is 2. The molecule has 0 heterocycles. The molecule has 3 N–H and O–H groups in total. The molecule has 0 fully saturated rings. The molecular formula is C21H29IN4O. The topological polar surface area (TPSA) is 65.5 Å². The van der Waals surface area contributed by atoms with Crippen molar-refractivity contribution in [1.82, 2.24) is 16.0 Å². The number of rotatable bonds is 7. The summed E-state index contributed by atoms with van der Waals surface area (Å²) in [5.74, 6) is 0.733. The number of benzene rings is 2. The highest BCUT2D eigenvalue weighted by molar-refractivity contribution is 14.0. The van der Waals surface area contributed by atoms with Gasteiger partial charge in [-0.25, -0.2) is 4.99 Å². The molecule has 0 aliphatic rings. The first-order chi connectivity index (χ1) is 12.6. The van der Waals surface area contributed by atoms with Crippen LogP contribution in [0.25, 0.3) is 0 Å². The van der Waals surface area contributed by atoms with Crippen LogP contribution >= 0.6 is 24.0 Å². The number of aryl methyl sites for hydroxylation is 1. The maximum Gasteiger partial charge on any atom is 0.251 e. The van der Waals surface area contributed by atoms with Crippen LogP contribution in [-0.4, -0.2) is 25.0 Å². The quantitative estimate of drug-likeness (QED) is 0.322. The van der Waals surface area contributed by atoms with Gasteiger partial charge in [-0.05, 0) is 44.0 Å². The lowest BCUT2D eigenvalue weighted by Gasteiger charge is -2.11. The fourth-order valence-corrected chi connectivity index (χ4v) is 2.43. The monoisotopic (exact) mass is 480 g/mol. The van der Waals surface area contributed by atoms with Crippen molar-refractivity contribution in [1.29, 1.82) is 0 Å². The van der Waals surface area contributed by atoms with Crippen LogP contribution in [0.1, 0.15) is 40.9 Å². The van der Waals surface area contributed by atoms with Crippen molar-refractivity contribution in [3.05, 3.63) is 70.8 Å². The van der Waals surface area contributed by atoms with Crippen LogP contribution in [0.15, 0.2) is 53.5 Å². The van der Waals surface area contributed by atoms with Gasteiger partial charge in [-0.15, -0.1) is 24.0 Å². The molecule has 0 radical (unpaired) electrons. The Labute approximate surface area is 179 Å². The van der Waals surface area contributed by atoms with Gasteiger partial charge >= 0.3 is 0 Å². The van der Waals surface area contributed by atoms with Gasteiger partial charge in [-0.2, -0.15) is 0 Å². The molecule has 0 unspecified atom stereocenters. The Kier molecular flexibility index (Phi) is 10.5. The van der Waals surface area contributed by atoms with Crippen LogP contribution < -0.4 is 16.0 Å². The molecule has 0 atom stereocenters. The second-order valence-corrected chi connectivity index (χ2v) is 6.09. The van der Waals surface area contributed by atoms with Crippen molar-refractivity contribution < 1.29 is 4.79 Å². The van der Waals surface area contributed by atoms with E-state index in [1.54, 1.807) is 0 Å². The summed E-state index contributed by atoms with van der Waals surface area (Å²) < 4.78 is 0. The molecule has 0 aliphatic heterocycles. The number of carbonyl (C=O) groups is 1. The number of halogens is 1. The van der Waals surface area contributed by atoms with Gasteiger partial charge in [0.2, 0.25) is 0 Å². The number of amides is 1. The molecule has 2 aromatic carbocycles. The third kappa shape index (κ3) is 7.99. The van der Waals surface area contributed by atoms with Gasteiger partial charge in [0.15, 0.2) is 5.96 Å². The minimum absolute atomic E-state index is 0. The molecule has 2 aromatic rings. The van der Waals surface area contributed by atoms with Gasteiger partial charge in [-0.1, -0.05) is 42.0 Å². The maximum atomic E-state index is 11.8. The first kappa shape index (κ1) is 23.0. The predicted molar refractivity (Wildman–Crippen MR) is 123 cm³/mol. The van der Waals surface area contributed by atoms with E-state index in [-0.39, 0.29) is 29.9 Å². The smallest absolute Gasteiger partial charge is 0.251 e. The van der Waals surface area contributed by atoms with Gasteiger partial charge in [-0.3, -0.25) is 4.79 Å². The van der Waals surface area contributed by atoms with E-state index in [4.69, 9.17) is 0 Å². The normalized spacial score (nSPS) is 10.7. The highest BCUT2D eigenvalue weighted by atomic mass is 127. The van der Waals surface area contributed by atoms with E-state index in [1.165, 1.54) is 11.1 Å². The molecule has 0 spiro atoms. The molecule has 146 valence electrons. The molecule has 1 amide bonds. The van der Waals surface area contributed by atoms with E-state index in [1.807, 2.05) is 38.1 Å². The van der Waals surface area contributed by atoms with Crippen LogP contribution in [0.3, 0.4) is 0 Å². The summed E-state index contributed by atoms with van der Waals surface area (Å²) in [6, 6.07) is 16.0. The minimum Gasteiger partial charge on any atom is -0.357 e. The van der Waals surface area contributed by atoms with E-state index in [2.05, 4.69) is 52.1 Å². The van der Waals surface area contributed by atoms with Crippen LogP contribution in [0, 0.1) is 6.92 Å². The Bertz CT molecular complexity index is 727. The number of nitrogens with zero attached hydrogens (tertiary/aromatic N) is 1. The summed E-state index contributed by atoms with van der Waals surface area (Å²) in [5.41, 5.74) is 4.20. The summed E-state index contributed by atoms with van der Waals surface area (Å²) in [6.07, 6.45) is 0. The van der Waals surface area contributed by atoms with Crippen LogP contribution in [-0.2, 0) is 13.1 Å². The van der Waals surface area contributed by atoms with Crippen LogP contribution in [0.4, 0.5) is 0 Å². The molecule has 2 rings (SSSR count). The number of carbonyl (C=O) groups excluding carboxylic acids is 1. The standard InChI is InChI=1S/C21H28N4O.HI/c1-4-22-20(26)19-12-10-18(11-13-19)15-25-21(23-5-2)24-14-17-8-6-16(3)7-9-17;/h6-13H,4-5,14-15H2,1-3H3,(H,22,26)(H2,23,24,25);1H. The number of nitrogens with one attached hydrogen (secondary N) is 3. The third-order valence-corrected chi connectivity index (χ3v) is 3.90. The summed E-state index contributed by atoms with van der Waals surface area (Å²) in [7, 11) is 0. The summed E-state index contributed by atoms with van der Waals surface area (Å²) in [4.78, 5) is 16.4. The van der Waals surface area contributed by atoms with Crippen molar-refractivity contribution in [2.45, 2.75) is 33.9 Å². The van der Waals surface area contributed by atoms with Gasteiger partial charge in [0, 0.05) is 25.2 Å². The number of hydrogen-bond donors (Lipinski definition) is 3. The Balaban J connectivity index is 0.00000364. The molecule has 27 heavy (non-hydrogen) atoms. The highest BCUT2D eigenvalue weighted by Crippen LogP contribution is 2.06. The SMILES string of the molecule is CCNC(=O)c1ccc(CN=C(NCC)NCc2ccc(C)cc2)cc1.I. The van der Waals surface area contributed by atoms with Gasteiger partial charge < -0.3 is 16.0 Å². The van der Waals surface area contributed by atoms with Crippen LogP contribution in [0.2, 0.25) is 0 Å². The highest BCUT2D eigenvalue weighted by Gasteiger charge is 2.04. The summed E-state index contributed by atoms with van der Waals surface area (Å²) in [5, 5.41) is 9.40. The fraction of sp³-hybridized carbons (Fsp3) is 0.333. The second kappa shape index (κ2) is 12.3. The van der Waals surface area contributed by atoms with E-state index in [9.17, 15) is 4.79 Å². The molecule has 0 aliphatic carbocycles. The zero-order valence-electron chi connectivity index (χ0n) is 16.2. The zero-order chi connectivity index (χ0) is 18.8. The Morgan fingerprint density at radius 3 is 2.04 bits per heavy atom.